The van der Waals surface area contributed by atoms with Gasteiger partial charge in [-0.25, -0.2) is 41.2 Å². The van der Waals surface area contributed by atoms with Crippen LogP contribution in [0.15, 0.2) is 59.9 Å². The number of aryl methyl sites for hydroxylation is 1. The lowest BCUT2D eigenvalue weighted by Crippen LogP contribution is -2.33. The van der Waals surface area contributed by atoms with Gasteiger partial charge in [0, 0.05) is 25.2 Å². The molecular weight excluding hydrogens is 583 g/mol. The molecule has 0 spiro atoms. The van der Waals surface area contributed by atoms with Gasteiger partial charge in [-0.2, -0.15) is 5.10 Å². The van der Waals surface area contributed by atoms with Crippen molar-refractivity contribution in [2.24, 2.45) is 5.73 Å². The third-order valence-corrected chi connectivity index (χ3v) is 8.65. The highest BCUT2D eigenvalue weighted by Gasteiger charge is 2.24. The van der Waals surface area contributed by atoms with Crippen molar-refractivity contribution < 1.29 is 21.6 Å². The molecule has 0 aliphatic carbocycles. The number of hydrogen-bond acceptors (Lipinski definition) is 9. The summed E-state index contributed by atoms with van der Waals surface area (Å²) in [6.07, 6.45) is 4.83. The number of fused-ring (bicyclic) bond motifs is 2. The van der Waals surface area contributed by atoms with E-state index in [0.717, 1.165) is 49.0 Å². The predicted octanol–water partition coefficient (Wildman–Crippen LogP) is 4.19. The minimum atomic E-state index is -4.41. The Balaban J connectivity index is 1.35. The van der Waals surface area contributed by atoms with Crippen LogP contribution in [0.3, 0.4) is 0 Å². The smallest absolute Gasteiger partial charge is 0.262 e. The van der Waals surface area contributed by atoms with Crippen molar-refractivity contribution in [3.8, 4) is 5.82 Å². The third-order valence-electron chi connectivity index (χ3n) is 7.14. The highest BCUT2D eigenvalue weighted by Crippen LogP contribution is 2.32. The Kier molecular flexibility index (Phi) is 7.35. The van der Waals surface area contributed by atoms with Crippen LogP contribution >= 0.6 is 0 Å². The van der Waals surface area contributed by atoms with Crippen LogP contribution in [0.25, 0.3) is 16.9 Å². The molecule has 43 heavy (non-hydrogen) atoms. The monoisotopic (exact) mass is 609 g/mol. The van der Waals surface area contributed by atoms with Gasteiger partial charge in [0.2, 0.25) is 0 Å². The van der Waals surface area contributed by atoms with Crippen molar-refractivity contribution in [2.45, 2.75) is 24.7 Å². The SMILES string of the molecule is Cc1c(F)cccc1S(=O)(=O)Nc1ccc(F)c(Nc2ncnc3ccc(-n4cc5c(n4)CCCN5CCN)nc23)c1F. The molecule has 2 aromatic carbocycles. The van der Waals surface area contributed by atoms with Crippen molar-refractivity contribution in [3.05, 3.63) is 83.7 Å². The van der Waals surface area contributed by atoms with Gasteiger partial charge in [-0.1, -0.05) is 6.07 Å². The van der Waals surface area contributed by atoms with Crippen molar-refractivity contribution in [1.82, 2.24) is 24.7 Å². The lowest BCUT2D eigenvalue weighted by atomic mass is 10.1. The van der Waals surface area contributed by atoms with Gasteiger partial charge < -0.3 is 16.0 Å². The van der Waals surface area contributed by atoms with Crippen LogP contribution in [0.5, 0.6) is 0 Å². The first-order valence-corrected chi connectivity index (χ1v) is 14.8. The molecule has 0 bridgehead atoms. The van der Waals surface area contributed by atoms with Gasteiger partial charge in [-0.3, -0.25) is 4.72 Å². The number of anilines is 4. The molecule has 0 saturated heterocycles. The van der Waals surface area contributed by atoms with Gasteiger partial charge in [0.25, 0.3) is 10.0 Å². The number of nitrogens with two attached hydrogens (primary N) is 1. The molecule has 15 heteroatoms. The first-order valence-electron chi connectivity index (χ1n) is 13.3. The summed E-state index contributed by atoms with van der Waals surface area (Å²) in [5.74, 6) is -2.58. The average Bonchev–Trinajstić information content (AvgIpc) is 3.43. The van der Waals surface area contributed by atoms with E-state index < -0.39 is 38.8 Å². The van der Waals surface area contributed by atoms with E-state index >= 15 is 4.39 Å². The van der Waals surface area contributed by atoms with Crippen LogP contribution in [0.1, 0.15) is 17.7 Å². The Morgan fingerprint density at radius 1 is 1.05 bits per heavy atom. The topological polar surface area (TPSA) is 144 Å². The lowest BCUT2D eigenvalue weighted by molar-refractivity contribution is 0.585. The second-order valence-corrected chi connectivity index (χ2v) is 11.6. The average molecular weight is 610 g/mol. The van der Waals surface area contributed by atoms with Gasteiger partial charge in [-0.15, -0.1) is 0 Å². The third kappa shape index (κ3) is 5.32. The van der Waals surface area contributed by atoms with Crippen LogP contribution in [0.4, 0.5) is 36.1 Å². The zero-order valence-corrected chi connectivity index (χ0v) is 23.7. The van der Waals surface area contributed by atoms with Crippen molar-refractivity contribution in [2.75, 3.05) is 34.6 Å². The Hall–Kier alpha value is -4.76. The molecule has 0 amide bonds. The normalized spacial score (nSPS) is 13.3. The molecule has 0 saturated carbocycles. The number of aromatic nitrogens is 5. The van der Waals surface area contributed by atoms with Crippen LogP contribution < -0.4 is 20.7 Å². The number of nitrogens with one attached hydrogen (secondary N) is 2. The maximum Gasteiger partial charge on any atom is 0.262 e. The maximum atomic E-state index is 15.6. The van der Waals surface area contributed by atoms with E-state index in [9.17, 15) is 17.2 Å². The molecule has 0 radical (unpaired) electrons. The van der Waals surface area contributed by atoms with E-state index in [0.29, 0.717) is 24.4 Å². The molecule has 0 fully saturated rings. The fourth-order valence-corrected chi connectivity index (χ4v) is 6.31. The van der Waals surface area contributed by atoms with Crippen LogP contribution in [0.2, 0.25) is 0 Å². The van der Waals surface area contributed by atoms with E-state index in [2.05, 4.69) is 35.0 Å². The quantitative estimate of drug-likeness (QED) is 0.236. The zero-order chi connectivity index (χ0) is 30.3. The van der Waals surface area contributed by atoms with Gasteiger partial charge in [0.1, 0.15) is 29.2 Å². The summed E-state index contributed by atoms with van der Waals surface area (Å²) in [5, 5.41) is 7.30. The van der Waals surface area contributed by atoms with Gasteiger partial charge in [0.15, 0.2) is 17.5 Å². The van der Waals surface area contributed by atoms with Crippen molar-refractivity contribution in [3.63, 3.8) is 0 Å². The molecule has 5 aromatic rings. The molecule has 6 rings (SSSR count). The van der Waals surface area contributed by atoms with Gasteiger partial charge in [0.05, 0.1) is 33.7 Å². The van der Waals surface area contributed by atoms with Gasteiger partial charge >= 0.3 is 0 Å². The Bertz CT molecular complexity index is 1970. The van der Waals surface area contributed by atoms with E-state index in [-0.39, 0.29) is 21.8 Å². The minimum absolute atomic E-state index is 0.0210. The number of benzene rings is 2. The number of rotatable bonds is 8. The van der Waals surface area contributed by atoms with Gasteiger partial charge in [-0.05, 0) is 56.2 Å². The molecule has 11 nitrogen and oxygen atoms in total. The van der Waals surface area contributed by atoms with E-state index in [1.807, 2.05) is 6.20 Å². The highest BCUT2D eigenvalue weighted by atomic mass is 32.2. The Labute approximate surface area is 244 Å². The summed E-state index contributed by atoms with van der Waals surface area (Å²) < 4.78 is 74.2. The van der Waals surface area contributed by atoms with E-state index in [1.54, 1.807) is 16.8 Å². The highest BCUT2D eigenvalue weighted by molar-refractivity contribution is 7.92. The van der Waals surface area contributed by atoms with Crippen molar-refractivity contribution in [1.29, 1.82) is 0 Å². The number of hydrogen-bond donors (Lipinski definition) is 3. The number of pyridine rings is 1. The second kappa shape index (κ2) is 11.1. The summed E-state index contributed by atoms with van der Waals surface area (Å²) >= 11 is 0. The number of sulfonamides is 1. The Morgan fingerprint density at radius 2 is 1.88 bits per heavy atom. The predicted molar refractivity (Wildman–Crippen MR) is 156 cm³/mol. The summed E-state index contributed by atoms with van der Waals surface area (Å²) in [6.45, 7) is 3.36. The minimum Gasteiger partial charge on any atom is -0.367 e. The molecule has 0 atom stereocenters. The molecule has 4 heterocycles. The molecule has 1 aliphatic rings. The largest absolute Gasteiger partial charge is 0.367 e. The molecule has 1 aliphatic heterocycles. The molecule has 4 N–H and O–H groups in total. The van der Waals surface area contributed by atoms with Crippen LogP contribution in [-0.4, -0.2) is 52.8 Å². The number of halogens is 3. The zero-order valence-electron chi connectivity index (χ0n) is 22.9. The molecule has 0 unspecified atom stereocenters. The van der Waals surface area contributed by atoms with Crippen molar-refractivity contribution >= 4 is 43.9 Å². The summed E-state index contributed by atoms with van der Waals surface area (Å²) in [5.41, 5.74) is 6.89. The summed E-state index contributed by atoms with van der Waals surface area (Å²) in [6, 6.07) is 8.74. The lowest BCUT2D eigenvalue weighted by Gasteiger charge is -2.27. The standard InChI is InChI=1S/C28H26F3N9O2S/c1-16-17(29)4-2-6-23(16)43(41,42)38-20-8-7-18(30)26(25(20)31)36-28-27-21(33-15-34-28)9-10-24(35-27)40-14-22-19(37-40)5-3-12-39(22)13-11-32/h2,4,6-10,14-15,38H,3,5,11-13,32H2,1H3,(H,33,34,36). The van der Waals surface area contributed by atoms with Crippen LogP contribution in [0, 0.1) is 24.4 Å². The van der Waals surface area contributed by atoms with Crippen LogP contribution in [-0.2, 0) is 16.4 Å². The summed E-state index contributed by atoms with van der Waals surface area (Å²) in [4.78, 5) is 14.8. The Morgan fingerprint density at radius 3 is 2.70 bits per heavy atom. The fourth-order valence-electron chi connectivity index (χ4n) is 5.00. The summed E-state index contributed by atoms with van der Waals surface area (Å²) in [7, 11) is -4.41. The first kappa shape index (κ1) is 28.4. The van der Waals surface area contributed by atoms with E-state index in [4.69, 9.17) is 5.73 Å². The molecule has 3 aromatic heterocycles. The fraction of sp³-hybridized carbons (Fsp3) is 0.214. The molecular formula is C28H26F3N9O2S. The number of nitrogens with zero attached hydrogens (tertiary/aromatic N) is 6. The first-order chi connectivity index (χ1) is 20.7. The van der Waals surface area contributed by atoms with E-state index in [1.165, 1.54) is 25.4 Å². The maximum absolute atomic E-state index is 15.6. The molecule has 222 valence electrons. The second-order valence-electron chi connectivity index (χ2n) is 9.92.